The highest BCUT2D eigenvalue weighted by molar-refractivity contribution is 5.91. The maximum absolute atomic E-state index is 13.6. The Morgan fingerprint density at radius 2 is 2.14 bits per heavy atom. The number of pyridine rings is 1. The molecule has 1 N–H and O–H groups in total. The zero-order valence-electron chi connectivity index (χ0n) is 15.8. The van der Waals surface area contributed by atoms with Crippen molar-refractivity contribution in [3.63, 3.8) is 0 Å². The van der Waals surface area contributed by atoms with Gasteiger partial charge in [0.1, 0.15) is 13.3 Å². The molecule has 0 atom stereocenters. The van der Waals surface area contributed by atoms with Crippen LogP contribution >= 0.6 is 0 Å². The zero-order valence-corrected chi connectivity index (χ0v) is 15.8. The molecular weight excluding hydrogens is 389 g/mol. The fourth-order valence-electron chi connectivity index (χ4n) is 3.26. The summed E-state index contributed by atoms with van der Waals surface area (Å²) in [6.45, 7) is 1.45. The number of fused-ring (bicyclic) bond motifs is 1. The highest BCUT2D eigenvalue weighted by Crippen LogP contribution is 2.43. The van der Waals surface area contributed by atoms with Crippen molar-refractivity contribution in [1.29, 1.82) is 0 Å². The van der Waals surface area contributed by atoms with Gasteiger partial charge in [-0.15, -0.1) is 0 Å². The second kappa shape index (κ2) is 7.14. The number of hydrogen-bond acceptors (Lipinski definition) is 5. The average molecular weight is 408 g/mol. The molecule has 11 heteroatoms. The van der Waals surface area contributed by atoms with Crippen molar-refractivity contribution in [2.75, 3.05) is 12.4 Å². The third-order valence-electron chi connectivity index (χ3n) is 4.67. The van der Waals surface area contributed by atoms with Gasteiger partial charge in [0.05, 0.1) is 34.7 Å². The molecule has 154 valence electrons. The van der Waals surface area contributed by atoms with Crippen LogP contribution in [0.1, 0.15) is 35.7 Å². The topological polar surface area (TPSA) is 86.9 Å². The summed E-state index contributed by atoms with van der Waals surface area (Å²) in [4.78, 5) is 16.8. The summed E-state index contributed by atoms with van der Waals surface area (Å²) >= 11 is 0. The smallest absolute Gasteiger partial charge is 0.362 e. The van der Waals surface area contributed by atoms with Gasteiger partial charge >= 0.3 is 6.18 Å². The lowest BCUT2D eigenvalue weighted by Gasteiger charge is -2.11. The van der Waals surface area contributed by atoms with Crippen LogP contribution in [0.5, 0.6) is 0 Å². The number of amides is 1. The van der Waals surface area contributed by atoms with Gasteiger partial charge in [-0.1, -0.05) is 0 Å². The summed E-state index contributed by atoms with van der Waals surface area (Å²) in [6, 6.07) is 1.11. The van der Waals surface area contributed by atoms with Crippen LogP contribution in [0.15, 0.2) is 18.5 Å². The van der Waals surface area contributed by atoms with Crippen molar-refractivity contribution in [3.05, 3.63) is 35.4 Å². The predicted molar refractivity (Wildman–Crippen MR) is 97.1 cm³/mol. The molecule has 3 heterocycles. The third kappa shape index (κ3) is 3.95. The Morgan fingerprint density at radius 3 is 2.79 bits per heavy atom. The molecule has 0 saturated heterocycles. The summed E-state index contributed by atoms with van der Waals surface area (Å²) in [7, 11) is 1.52. The van der Waals surface area contributed by atoms with E-state index in [0.717, 1.165) is 18.9 Å². The fraction of sp³-hybridized carbons (Fsp3) is 0.444. The van der Waals surface area contributed by atoms with Gasteiger partial charge in [0.25, 0.3) is 0 Å². The van der Waals surface area contributed by atoms with Gasteiger partial charge in [-0.05, 0) is 25.8 Å². The van der Waals surface area contributed by atoms with E-state index < -0.39 is 17.6 Å². The summed E-state index contributed by atoms with van der Waals surface area (Å²) in [5, 5.41) is 10.7. The van der Waals surface area contributed by atoms with Crippen LogP contribution in [0.4, 0.5) is 18.9 Å². The summed E-state index contributed by atoms with van der Waals surface area (Å²) in [5.41, 5.74) is 0.344. The molecule has 0 aliphatic heterocycles. The molecule has 0 aromatic carbocycles. The first-order valence-corrected chi connectivity index (χ1v) is 9.02. The van der Waals surface area contributed by atoms with Crippen LogP contribution in [0, 0.1) is 6.92 Å². The number of alkyl halides is 3. The lowest BCUT2D eigenvalue weighted by molar-refractivity contribution is -0.136. The van der Waals surface area contributed by atoms with Crippen LogP contribution in [-0.4, -0.2) is 37.6 Å². The Morgan fingerprint density at radius 1 is 1.38 bits per heavy atom. The predicted octanol–water partition coefficient (Wildman–Crippen LogP) is 3.08. The maximum atomic E-state index is 13.6. The fourth-order valence-corrected chi connectivity index (χ4v) is 3.26. The third-order valence-corrected chi connectivity index (χ3v) is 4.67. The van der Waals surface area contributed by atoms with Gasteiger partial charge in [-0.3, -0.25) is 4.79 Å². The Hall–Kier alpha value is -2.95. The summed E-state index contributed by atoms with van der Waals surface area (Å²) in [5.74, 6) is -0.414. The van der Waals surface area contributed by atoms with Crippen molar-refractivity contribution in [2.45, 2.75) is 45.1 Å². The second-order valence-electron chi connectivity index (χ2n) is 7.04. The first-order chi connectivity index (χ1) is 13.8. The Kier molecular flexibility index (Phi) is 4.77. The first kappa shape index (κ1) is 19.4. The van der Waals surface area contributed by atoms with E-state index in [2.05, 4.69) is 20.5 Å². The number of rotatable bonds is 6. The van der Waals surface area contributed by atoms with E-state index in [1.807, 2.05) is 0 Å². The molecule has 1 aliphatic carbocycles. The molecule has 0 unspecified atom stereocenters. The SMILES string of the molecule is COCn1cc(NC(=O)Cn2nc(C)c3c(C(F)(F)F)cc(C4CC4)nc32)cn1. The quantitative estimate of drug-likeness (QED) is 0.677. The van der Waals surface area contributed by atoms with Crippen molar-refractivity contribution >= 4 is 22.6 Å². The average Bonchev–Trinajstić information content (AvgIpc) is 3.34. The Labute approximate surface area is 163 Å². The molecule has 1 aliphatic rings. The van der Waals surface area contributed by atoms with Crippen LogP contribution in [0.25, 0.3) is 11.0 Å². The number of hydrogen-bond donors (Lipinski definition) is 1. The number of aryl methyl sites for hydroxylation is 1. The molecule has 8 nitrogen and oxygen atoms in total. The van der Waals surface area contributed by atoms with Crippen LogP contribution < -0.4 is 5.32 Å². The van der Waals surface area contributed by atoms with Gasteiger partial charge in [0, 0.05) is 18.7 Å². The normalized spacial score (nSPS) is 14.5. The maximum Gasteiger partial charge on any atom is 0.417 e. The Balaban J connectivity index is 1.64. The lowest BCUT2D eigenvalue weighted by Crippen LogP contribution is -2.20. The van der Waals surface area contributed by atoms with Crippen molar-refractivity contribution in [1.82, 2.24) is 24.5 Å². The molecule has 0 spiro atoms. The van der Waals surface area contributed by atoms with Gasteiger partial charge in [0.2, 0.25) is 5.91 Å². The van der Waals surface area contributed by atoms with E-state index in [-0.39, 0.29) is 35.9 Å². The van der Waals surface area contributed by atoms with E-state index in [1.54, 1.807) is 6.20 Å². The summed E-state index contributed by atoms with van der Waals surface area (Å²) in [6.07, 6.45) is 0.138. The number of ether oxygens (including phenoxy) is 1. The van der Waals surface area contributed by atoms with E-state index in [4.69, 9.17) is 4.74 Å². The number of anilines is 1. The minimum atomic E-state index is -4.53. The number of nitrogens with one attached hydrogen (secondary N) is 1. The second-order valence-corrected chi connectivity index (χ2v) is 7.04. The molecule has 0 bridgehead atoms. The molecule has 29 heavy (non-hydrogen) atoms. The van der Waals surface area contributed by atoms with Crippen LogP contribution in [0.2, 0.25) is 0 Å². The molecule has 1 fully saturated rings. The summed E-state index contributed by atoms with van der Waals surface area (Å²) < 4.78 is 48.5. The van der Waals surface area contributed by atoms with Crippen molar-refractivity contribution in [3.8, 4) is 0 Å². The van der Waals surface area contributed by atoms with Crippen molar-refractivity contribution < 1.29 is 22.7 Å². The van der Waals surface area contributed by atoms with Crippen LogP contribution in [0.3, 0.4) is 0 Å². The molecule has 1 amide bonds. The number of halogens is 3. The van der Waals surface area contributed by atoms with E-state index in [9.17, 15) is 18.0 Å². The minimum absolute atomic E-state index is 0.0320. The standard InChI is InChI=1S/C18H19F3N6O2/c1-10-16-13(18(19,20)21)5-14(11-3-4-11)24-17(16)27(25-10)8-15(28)23-12-6-22-26(7-12)9-29-2/h5-7,11H,3-4,8-9H2,1-2H3,(H,23,28). The molecule has 1 saturated carbocycles. The van der Waals surface area contributed by atoms with E-state index >= 15 is 0 Å². The Bertz CT molecular complexity index is 1070. The van der Waals surface area contributed by atoms with Gasteiger partial charge in [-0.2, -0.15) is 23.4 Å². The molecular formula is C18H19F3N6O2. The molecule has 3 aromatic heterocycles. The monoisotopic (exact) mass is 408 g/mol. The van der Waals surface area contributed by atoms with E-state index in [0.29, 0.717) is 11.4 Å². The number of aromatic nitrogens is 5. The molecule has 4 rings (SSSR count). The van der Waals surface area contributed by atoms with Crippen molar-refractivity contribution in [2.24, 2.45) is 0 Å². The van der Waals surface area contributed by atoms with Gasteiger partial charge in [-0.25, -0.2) is 14.3 Å². The molecule has 0 radical (unpaired) electrons. The van der Waals surface area contributed by atoms with Gasteiger partial charge in [0.15, 0.2) is 5.65 Å². The minimum Gasteiger partial charge on any atom is -0.362 e. The first-order valence-electron chi connectivity index (χ1n) is 9.02. The van der Waals surface area contributed by atoms with Gasteiger partial charge < -0.3 is 10.1 Å². The number of methoxy groups -OCH3 is 1. The highest BCUT2D eigenvalue weighted by atomic mass is 19.4. The largest absolute Gasteiger partial charge is 0.417 e. The lowest BCUT2D eigenvalue weighted by atomic mass is 10.1. The highest BCUT2D eigenvalue weighted by Gasteiger charge is 2.37. The number of nitrogens with zero attached hydrogens (tertiary/aromatic N) is 5. The number of carbonyl (C=O) groups excluding carboxylic acids is 1. The molecule has 3 aromatic rings. The van der Waals surface area contributed by atoms with E-state index in [1.165, 1.54) is 29.6 Å². The number of carbonyl (C=O) groups is 1. The zero-order chi connectivity index (χ0) is 20.8. The van der Waals surface area contributed by atoms with Crippen LogP contribution in [-0.2, 0) is 29.0 Å².